The largest absolute Gasteiger partial charge is 0.495 e. The van der Waals surface area contributed by atoms with Crippen LogP contribution in [0.4, 0.5) is 5.69 Å². The Bertz CT molecular complexity index is 833. The second kappa shape index (κ2) is 8.98. The smallest absolute Gasteiger partial charge is 0.203 e. The monoisotopic (exact) mass is 371 g/mol. The van der Waals surface area contributed by atoms with Crippen molar-refractivity contribution in [2.24, 2.45) is 0 Å². The summed E-state index contributed by atoms with van der Waals surface area (Å²) in [6, 6.07) is 8.61. The lowest BCUT2D eigenvalue weighted by Crippen LogP contribution is -2.04. The molecule has 6 nitrogen and oxygen atoms in total. The SMILES string of the molecule is CCC(=Cc1cc(OC)c(OC)c(OC)c1)C(=O)c1ccc(N)c(OC)c1. The Hall–Kier alpha value is -3.15. The third-order valence-electron chi connectivity index (χ3n) is 4.20. The Balaban J connectivity index is 2.47. The first kappa shape index (κ1) is 20.2. The second-order valence-electron chi connectivity index (χ2n) is 5.77. The van der Waals surface area contributed by atoms with Crippen molar-refractivity contribution < 1.29 is 23.7 Å². The van der Waals surface area contributed by atoms with Crippen LogP contribution >= 0.6 is 0 Å². The zero-order valence-corrected chi connectivity index (χ0v) is 16.3. The highest BCUT2D eigenvalue weighted by Gasteiger charge is 2.16. The number of ether oxygens (including phenoxy) is 4. The van der Waals surface area contributed by atoms with Crippen LogP contribution in [0.3, 0.4) is 0 Å². The van der Waals surface area contributed by atoms with Gasteiger partial charge >= 0.3 is 0 Å². The molecule has 27 heavy (non-hydrogen) atoms. The lowest BCUT2D eigenvalue weighted by Gasteiger charge is -2.13. The van der Waals surface area contributed by atoms with Gasteiger partial charge in [-0.15, -0.1) is 0 Å². The van der Waals surface area contributed by atoms with Gasteiger partial charge in [0.1, 0.15) is 5.75 Å². The van der Waals surface area contributed by atoms with Crippen LogP contribution in [0.1, 0.15) is 29.3 Å². The molecular formula is C21H25NO5. The number of nitrogen functional groups attached to an aromatic ring is 1. The first-order valence-corrected chi connectivity index (χ1v) is 8.47. The number of carbonyl (C=O) groups excluding carboxylic acids is 1. The van der Waals surface area contributed by atoms with E-state index >= 15 is 0 Å². The van der Waals surface area contributed by atoms with E-state index in [1.165, 1.54) is 7.11 Å². The minimum atomic E-state index is -0.0930. The first-order valence-electron chi connectivity index (χ1n) is 8.47. The van der Waals surface area contributed by atoms with Crippen LogP contribution in [0.5, 0.6) is 23.0 Å². The molecule has 2 aromatic carbocycles. The molecule has 0 aliphatic rings. The fraction of sp³-hybridized carbons (Fsp3) is 0.286. The fourth-order valence-corrected chi connectivity index (χ4v) is 2.75. The van der Waals surface area contributed by atoms with Crippen molar-refractivity contribution in [2.75, 3.05) is 34.2 Å². The van der Waals surface area contributed by atoms with E-state index in [1.54, 1.807) is 51.7 Å². The van der Waals surface area contributed by atoms with Crippen molar-refractivity contribution in [3.63, 3.8) is 0 Å². The summed E-state index contributed by atoms with van der Waals surface area (Å²) in [7, 11) is 6.17. The minimum Gasteiger partial charge on any atom is -0.495 e. The molecule has 0 bridgehead atoms. The summed E-state index contributed by atoms with van der Waals surface area (Å²) < 4.78 is 21.3. The molecular weight excluding hydrogens is 346 g/mol. The number of allylic oxidation sites excluding steroid dienone is 1. The highest BCUT2D eigenvalue weighted by atomic mass is 16.5. The Labute approximate surface area is 159 Å². The Morgan fingerprint density at radius 1 is 0.926 bits per heavy atom. The molecule has 2 aromatic rings. The molecule has 0 radical (unpaired) electrons. The van der Waals surface area contributed by atoms with Gasteiger partial charge < -0.3 is 24.7 Å². The van der Waals surface area contributed by atoms with E-state index in [-0.39, 0.29) is 5.78 Å². The summed E-state index contributed by atoms with van der Waals surface area (Å²) in [4.78, 5) is 12.9. The molecule has 2 N–H and O–H groups in total. The van der Waals surface area contributed by atoms with Crippen LogP contribution in [-0.2, 0) is 0 Å². The summed E-state index contributed by atoms with van der Waals surface area (Å²) in [6.07, 6.45) is 2.37. The normalized spacial score (nSPS) is 11.1. The van der Waals surface area contributed by atoms with E-state index in [9.17, 15) is 4.79 Å². The van der Waals surface area contributed by atoms with Gasteiger partial charge in [0.05, 0.1) is 34.1 Å². The van der Waals surface area contributed by atoms with Crippen molar-refractivity contribution in [1.29, 1.82) is 0 Å². The molecule has 6 heteroatoms. The molecule has 0 heterocycles. The third kappa shape index (κ3) is 4.34. The van der Waals surface area contributed by atoms with Crippen LogP contribution < -0.4 is 24.7 Å². The summed E-state index contributed by atoms with van der Waals surface area (Å²) in [5, 5.41) is 0. The number of methoxy groups -OCH3 is 4. The van der Waals surface area contributed by atoms with Gasteiger partial charge in [0.15, 0.2) is 17.3 Å². The number of nitrogens with two attached hydrogens (primary N) is 1. The molecule has 0 unspecified atom stereocenters. The van der Waals surface area contributed by atoms with Crippen LogP contribution in [0.25, 0.3) is 6.08 Å². The van der Waals surface area contributed by atoms with Crippen molar-refractivity contribution in [1.82, 2.24) is 0 Å². The van der Waals surface area contributed by atoms with Crippen molar-refractivity contribution in [3.8, 4) is 23.0 Å². The predicted molar refractivity (Wildman–Crippen MR) is 106 cm³/mol. The van der Waals surface area contributed by atoms with Gasteiger partial charge in [-0.2, -0.15) is 0 Å². The zero-order valence-electron chi connectivity index (χ0n) is 16.3. The number of ketones is 1. The minimum absolute atomic E-state index is 0.0930. The highest BCUT2D eigenvalue weighted by molar-refractivity contribution is 6.11. The molecule has 2 rings (SSSR count). The fourth-order valence-electron chi connectivity index (χ4n) is 2.75. The molecule has 0 saturated carbocycles. The van der Waals surface area contributed by atoms with E-state index in [4.69, 9.17) is 24.7 Å². The molecule has 0 saturated heterocycles. The second-order valence-corrected chi connectivity index (χ2v) is 5.77. The van der Waals surface area contributed by atoms with Crippen LogP contribution in [-0.4, -0.2) is 34.2 Å². The van der Waals surface area contributed by atoms with Crippen molar-refractivity contribution >= 4 is 17.5 Å². The van der Waals surface area contributed by atoms with Gasteiger partial charge in [0.2, 0.25) is 5.75 Å². The lowest BCUT2D eigenvalue weighted by molar-refractivity contribution is 0.103. The van der Waals surface area contributed by atoms with Gasteiger partial charge in [-0.05, 0) is 48.4 Å². The van der Waals surface area contributed by atoms with E-state index in [0.717, 1.165) is 5.56 Å². The number of hydrogen-bond donors (Lipinski definition) is 1. The molecule has 0 amide bonds. The maximum Gasteiger partial charge on any atom is 0.203 e. The van der Waals surface area contributed by atoms with Gasteiger partial charge in [-0.1, -0.05) is 6.92 Å². The molecule has 0 atom stereocenters. The number of carbonyl (C=O) groups is 1. The van der Waals surface area contributed by atoms with E-state index < -0.39 is 0 Å². The number of Topliss-reactive ketones (excluding diaryl/α,β-unsaturated/α-hetero) is 1. The van der Waals surface area contributed by atoms with Crippen LogP contribution in [0, 0.1) is 0 Å². The average Bonchev–Trinajstić information content (AvgIpc) is 2.70. The summed E-state index contributed by atoms with van der Waals surface area (Å²) in [5.41, 5.74) is 8.25. The van der Waals surface area contributed by atoms with E-state index in [1.807, 2.05) is 13.0 Å². The third-order valence-corrected chi connectivity index (χ3v) is 4.20. The standard InChI is InChI=1S/C21H25NO5/c1-6-14(20(23)15-7-8-16(22)17(12-15)24-2)9-13-10-18(25-3)21(27-5)19(11-13)26-4/h7-12H,6,22H2,1-5H3. The number of benzene rings is 2. The topological polar surface area (TPSA) is 80.0 Å². The molecule has 144 valence electrons. The maximum absolute atomic E-state index is 12.9. The summed E-state index contributed by atoms with van der Waals surface area (Å²) >= 11 is 0. The molecule has 0 aliphatic heterocycles. The first-order chi connectivity index (χ1) is 13.0. The Morgan fingerprint density at radius 2 is 1.52 bits per heavy atom. The average molecular weight is 371 g/mol. The zero-order chi connectivity index (χ0) is 20.0. The molecule has 0 aliphatic carbocycles. The van der Waals surface area contributed by atoms with E-state index in [2.05, 4.69) is 0 Å². The number of hydrogen-bond acceptors (Lipinski definition) is 6. The van der Waals surface area contributed by atoms with E-state index in [0.29, 0.717) is 46.2 Å². The van der Waals surface area contributed by atoms with Gasteiger partial charge in [-0.3, -0.25) is 4.79 Å². The number of rotatable bonds is 8. The Kier molecular flexibility index (Phi) is 6.71. The quantitative estimate of drug-likeness (QED) is 0.429. The van der Waals surface area contributed by atoms with Gasteiger partial charge in [0, 0.05) is 11.1 Å². The van der Waals surface area contributed by atoms with Crippen LogP contribution in [0.15, 0.2) is 35.9 Å². The van der Waals surface area contributed by atoms with Gasteiger partial charge in [0.25, 0.3) is 0 Å². The molecule has 0 fully saturated rings. The van der Waals surface area contributed by atoms with Crippen molar-refractivity contribution in [3.05, 3.63) is 47.0 Å². The summed E-state index contributed by atoms with van der Waals surface area (Å²) in [6.45, 7) is 1.93. The number of anilines is 1. The highest BCUT2D eigenvalue weighted by Crippen LogP contribution is 2.39. The van der Waals surface area contributed by atoms with Crippen LogP contribution in [0.2, 0.25) is 0 Å². The van der Waals surface area contributed by atoms with Crippen molar-refractivity contribution in [2.45, 2.75) is 13.3 Å². The molecule has 0 spiro atoms. The molecule has 0 aromatic heterocycles. The Morgan fingerprint density at radius 3 is 2.00 bits per heavy atom. The van der Waals surface area contributed by atoms with Gasteiger partial charge in [-0.25, -0.2) is 0 Å². The summed E-state index contributed by atoms with van der Waals surface area (Å²) in [5.74, 6) is 1.94. The lowest BCUT2D eigenvalue weighted by atomic mass is 9.98. The predicted octanol–water partition coefficient (Wildman–Crippen LogP) is 3.98. The maximum atomic E-state index is 12.9.